The molecule has 23 heavy (non-hydrogen) atoms. The topological polar surface area (TPSA) is 33.2 Å². The molecule has 0 spiro atoms. The van der Waals surface area contributed by atoms with Gasteiger partial charge in [-0.25, -0.2) is 9.55 Å². The quantitative estimate of drug-likeness (QED) is 0.505. The van der Waals surface area contributed by atoms with Gasteiger partial charge >= 0.3 is 6.85 Å². The summed E-state index contributed by atoms with van der Waals surface area (Å²) in [5, 5.41) is 2.22. The van der Waals surface area contributed by atoms with E-state index in [9.17, 15) is 0 Å². The molecule has 4 nitrogen and oxygen atoms in total. The second kappa shape index (κ2) is 4.98. The molecule has 4 heterocycles. The van der Waals surface area contributed by atoms with E-state index in [1.807, 2.05) is 6.07 Å². The van der Waals surface area contributed by atoms with Crippen LogP contribution in [-0.4, -0.2) is 11.8 Å². The number of nitrogens with zero attached hydrogens (tertiary/aromatic N) is 3. The first-order valence-corrected chi connectivity index (χ1v) is 7.88. The van der Waals surface area contributed by atoms with Crippen LogP contribution in [-0.2, 0) is 7.05 Å². The van der Waals surface area contributed by atoms with Gasteiger partial charge in [-0.05, 0) is 50.4 Å². The van der Waals surface area contributed by atoms with Crippen LogP contribution >= 0.6 is 0 Å². The molecule has 0 fully saturated rings. The summed E-state index contributed by atoms with van der Waals surface area (Å²) in [5.41, 5.74) is 4.08. The summed E-state index contributed by atoms with van der Waals surface area (Å²) >= 11 is 0. The van der Waals surface area contributed by atoms with Crippen LogP contribution in [0.15, 0.2) is 41.1 Å². The molecule has 3 aromatic rings. The van der Waals surface area contributed by atoms with Crippen molar-refractivity contribution in [1.29, 1.82) is 0 Å². The third-order valence-corrected chi connectivity index (χ3v) is 4.52. The molecular weight excluding hydrogens is 285 g/mol. The summed E-state index contributed by atoms with van der Waals surface area (Å²) < 4.78 is 8.12. The molecule has 0 aromatic carbocycles. The molecule has 3 aromatic heterocycles. The lowest BCUT2D eigenvalue weighted by atomic mass is 9.61. The molecule has 0 unspecified atom stereocenters. The van der Waals surface area contributed by atoms with E-state index in [0.29, 0.717) is 5.71 Å². The number of hydrogen-bond acceptors (Lipinski definition) is 3. The van der Waals surface area contributed by atoms with Gasteiger partial charge in [0.15, 0.2) is 0 Å². The van der Waals surface area contributed by atoms with Crippen LogP contribution in [0, 0.1) is 6.92 Å². The van der Waals surface area contributed by atoms with Crippen molar-refractivity contribution in [2.24, 2.45) is 7.05 Å². The van der Waals surface area contributed by atoms with Crippen molar-refractivity contribution in [3.8, 4) is 0 Å². The summed E-state index contributed by atoms with van der Waals surface area (Å²) in [6.45, 7) is 6.67. The monoisotopic (exact) mass is 304 g/mol. The molecule has 0 amide bonds. The Morgan fingerprint density at radius 3 is 2.83 bits per heavy atom. The Labute approximate surface area is 135 Å². The first-order valence-electron chi connectivity index (χ1n) is 7.88. The molecule has 0 aliphatic carbocycles. The van der Waals surface area contributed by atoms with E-state index >= 15 is 0 Å². The maximum atomic E-state index is 5.94. The number of furan rings is 1. The van der Waals surface area contributed by atoms with Crippen molar-refractivity contribution < 1.29 is 8.98 Å². The molecule has 4 rings (SSSR count). The molecular formula is C18H19BN3O+. The maximum absolute atomic E-state index is 5.94. The van der Waals surface area contributed by atoms with Crippen molar-refractivity contribution in [3.05, 3.63) is 52.9 Å². The summed E-state index contributed by atoms with van der Waals surface area (Å²) in [6, 6.07) is 8.36. The standard InChI is InChI=1S/C18H19BN3O/c1-12-7-8-16(21(4)11-12)22-13(2)17-14-6-5-9-20-18(14)23-15(17)10-19(22)3/h5-11H,1-4H3/q+1. The molecule has 0 saturated heterocycles. The van der Waals surface area contributed by atoms with Crippen molar-refractivity contribution in [1.82, 2.24) is 4.98 Å². The highest BCUT2D eigenvalue weighted by atomic mass is 16.3. The number of aromatic nitrogens is 2. The Balaban J connectivity index is 2.04. The smallest absolute Gasteiger partial charge is 0.405 e. The Kier molecular flexibility index (Phi) is 3.05. The summed E-state index contributed by atoms with van der Waals surface area (Å²) in [5.74, 6) is 3.34. The van der Waals surface area contributed by atoms with Crippen molar-refractivity contribution in [2.75, 3.05) is 4.81 Å². The zero-order valence-electron chi connectivity index (χ0n) is 13.9. The molecule has 0 radical (unpaired) electrons. The number of rotatable bonds is 1. The Hall–Kier alpha value is -2.56. The molecule has 0 bridgehead atoms. The highest BCUT2D eigenvalue weighted by Gasteiger charge is 2.33. The van der Waals surface area contributed by atoms with Gasteiger partial charge in [-0.3, -0.25) is 4.81 Å². The minimum absolute atomic E-state index is 0.219. The fraction of sp³-hybridized carbons (Fsp3) is 0.222. The van der Waals surface area contributed by atoms with Gasteiger partial charge in [-0.1, -0.05) is 0 Å². The fourth-order valence-electron chi connectivity index (χ4n) is 3.53. The van der Waals surface area contributed by atoms with E-state index in [1.54, 1.807) is 6.20 Å². The minimum Gasteiger partial charge on any atom is -0.439 e. The molecule has 0 N–H and O–H groups in total. The summed E-state index contributed by atoms with van der Waals surface area (Å²) in [7, 11) is 2.09. The van der Waals surface area contributed by atoms with Gasteiger partial charge in [0.05, 0.1) is 29.5 Å². The molecule has 1 aliphatic heterocycles. The summed E-state index contributed by atoms with van der Waals surface area (Å²) in [4.78, 5) is 6.70. The zero-order chi connectivity index (χ0) is 16.1. The third kappa shape index (κ3) is 2.07. The largest absolute Gasteiger partial charge is 0.439 e. The molecule has 0 saturated carbocycles. The van der Waals surface area contributed by atoms with Crippen LogP contribution in [0.2, 0.25) is 6.82 Å². The average Bonchev–Trinajstić information content (AvgIpc) is 2.87. The number of anilines is 1. The van der Waals surface area contributed by atoms with Crippen LogP contribution in [0.25, 0.3) is 22.8 Å². The molecule has 114 valence electrons. The lowest BCUT2D eigenvalue weighted by Gasteiger charge is -2.23. The second-order valence-electron chi connectivity index (χ2n) is 6.24. The predicted octanol–water partition coefficient (Wildman–Crippen LogP) is 1.55. The number of hydrogen-bond donors (Lipinski definition) is 0. The lowest BCUT2D eigenvalue weighted by molar-refractivity contribution is -0.658. The number of pyridine rings is 2. The van der Waals surface area contributed by atoms with E-state index in [0.717, 1.165) is 16.0 Å². The van der Waals surface area contributed by atoms with Gasteiger partial charge in [0, 0.05) is 12.3 Å². The highest BCUT2D eigenvalue weighted by Crippen LogP contribution is 2.20. The first kappa shape index (κ1) is 14.1. The van der Waals surface area contributed by atoms with Crippen molar-refractivity contribution in [2.45, 2.75) is 20.7 Å². The van der Waals surface area contributed by atoms with Gasteiger partial charge in [-0.15, -0.1) is 0 Å². The van der Waals surface area contributed by atoms with Crippen LogP contribution < -0.4 is 20.0 Å². The lowest BCUT2D eigenvalue weighted by Crippen LogP contribution is -2.50. The normalized spacial score (nSPS) is 14.2. The number of fused-ring (bicyclic) bond motifs is 3. The average molecular weight is 304 g/mol. The predicted molar refractivity (Wildman–Crippen MR) is 93.3 cm³/mol. The Morgan fingerprint density at radius 1 is 1.22 bits per heavy atom. The fourth-order valence-corrected chi connectivity index (χ4v) is 3.53. The highest BCUT2D eigenvalue weighted by molar-refractivity contribution is 6.77. The molecule has 1 aliphatic rings. The van der Waals surface area contributed by atoms with Crippen LogP contribution in [0.4, 0.5) is 5.82 Å². The van der Waals surface area contributed by atoms with Gasteiger partial charge < -0.3 is 4.42 Å². The van der Waals surface area contributed by atoms with Gasteiger partial charge in [0.2, 0.25) is 5.71 Å². The van der Waals surface area contributed by atoms with Crippen molar-refractivity contribution >= 4 is 35.4 Å². The summed E-state index contributed by atoms with van der Waals surface area (Å²) in [6.07, 6.45) is 3.92. The van der Waals surface area contributed by atoms with E-state index in [-0.39, 0.29) is 6.85 Å². The van der Waals surface area contributed by atoms with Gasteiger partial charge in [0.1, 0.15) is 5.42 Å². The van der Waals surface area contributed by atoms with Crippen molar-refractivity contribution in [3.63, 3.8) is 0 Å². The van der Waals surface area contributed by atoms with Crippen LogP contribution in [0.5, 0.6) is 0 Å². The van der Waals surface area contributed by atoms with E-state index in [2.05, 4.69) is 72.5 Å². The van der Waals surface area contributed by atoms with E-state index in [1.165, 1.54) is 17.1 Å². The Bertz CT molecular complexity index is 1040. The molecule has 0 atom stereocenters. The van der Waals surface area contributed by atoms with Crippen LogP contribution in [0.3, 0.4) is 0 Å². The third-order valence-electron chi connectivity index (χ3n) is 4.52. The van der Waals surface area contributed by atoms with E-state index in [4.69, 9.17) is 4.42 Å². The van der Waals surface area contributed by atoms with Gasteiger partial charge in [-0.2, -0.15) is 0 Å². The van der Waals surface area contributed by atoms with E-state index < -0.39 is 0 Å². The van der Waals surface area contributed by atoms with Gasteiger partial charge in [0.25, 0.3) is 5.82 Å². The first-order chi connectivity index (χ1) is 11.1. The maximum Gasteiger partial charge on any atom is 0.405 e. The zero-order valence-corrected chi connectivity index (χ0v) is 13.9. The Morgan fingerprint density at radius 2 is 2.04 bits per heavy atom. The SMILES string of the molecule is CB1C=c2oc3ncccc3c2=C(C)N1c1ccc(C)c[n+]1C. The second-order valence-corrected chi connectivity index (χ2v) is 6.24. The minimum atomic E-state index is 0.219. The molecule has 5 heteroatoms. The van der Waals surface area contributed by atoms with Crippen LogP contribution in [0.1, 0.15) is 12.5 Å². The number of aryl methyl sites for hydroxylation is 2.